The van der Waals surface area contributed by atoms with Crippen molar-refractivity contribution in [3.05, 3.63) is 11.9 Å². The molecule has 1 aromatic rings. The zero-order valence-corrected chi connectivity index (χ0v) is 9.40. The van der Waals surface area contributed by atoms with Gasteiger partial charge in [0.25, 0.3) is 0 Å². The number of hydrogen-bond acceptors (Lipinski definition) is 5. The summed E-state index contributed by atoms with van der Waals surface area (Å²) in [6.45, 7) is 3.70. The van der Waals surface area contributed by atoms with Gasteiger partial charge in [-0.15, -0.1) is 0 Å². The van der Waals surface area contributed by atoms with Crippen molar-refractivity contribution in [3.8, 4) is 5.75 Å². The standard InChI is InChI=1S/C10H15N3O3/c1-3-15-10(14)9-8(6-13(2)12-9)16-7-4-11-5-7/h6-7,11H,3-5H2,1-2H3. The molecule has 2 heterocycles. The monoisotopic (exact) mass is 225 g/mol. The Bertz CT molecular complexity index is 385. The zero-order valence-electron chi connectivity index (χ0n) is 9.40. The van der Waals surface area contributed by atoms with Gasteiger partial charge in [-0.1, -0.05) is 0 Å². The Balaban J connectivity index is 2.12. The molecule has 1 aromatic heterocycles. The van der Waals surface area contributed by atoms with Crippen LogP contribution in [0, 0.1) is 0 Å². The number of ether oxygens (including phenoxy) is 2. The van der Waals surface area contributed by atoms with Crippen LogP contribution in [0.1, 0.15) is 17.4 Å². The van der Waals surface area contributed by atoms with Crippen LogP contribution in [0.5, 0.6) is 5.75 Å². The van der Waals surface area contributed by atoms with Gasteiger partial charge in [0.2, 0.25) is 5.69 Å². The first-order valence-corrected chi connectivity index (χ1v) is 5.29. The number of nitrogens with one attached hydrogen (secondary N) is 1. The average Bonchev–Trinajstić information content (AvgIpc) is 2.54. The largest absolute Gasteiger partial charge is 0.484 e. The molecule has 1 aliphatic rings. The minimum atomic E-state index is -0.439. The molecule has 0 aliphatic carbocycles. The number of aromatic nitrogens is 2. The van der Waals surface area contributed by atoms with Crippen LogP contribution in [0.3, 0.4) is 0 Å². The van der Waals surface area contributed by atoms with Gasteiger partial charge in [0.1, 0.15) is 6.10 Å². The normalized spacial score (nSPS) is 15.6. The Kier molecular flexibility index (Phi) is 3.09. The lowest BCUT2D eigenvalue weighted by Crippen LogP contribution is -2.50. The highest BCUT2D eigenvalue weighted by Crippen LogP contribution is 2.19. The van der Waals surface area contributed by atoms with Crippen molar-refractivity contribution in [2.45, 2.75) is 13.0 Å². The Morgan fingerprint density at radius 1 is 1.69 bits per heavy atom. The molecule has 0 saturated carbocycles. The molecule has 0 bridgehead atoms. The summed E-state index contributed by atoms with van der Waals surface area (Å²) in [6.07, 6.45) is 1.81. The molecule has 6 heteroatoms. The highest BCUT2D eigenvalue weighted by Gasteiger charge is 2.24. The summed E-state index contributed by atoms with van der Waals surface area (Å²) in [4.78, 5) is 11.6. The average molecular weight is 225 g/mol. The van der Waals surface area contributed by atoms with E-state index in [4.69, 9.17) is 9.47 Å². The smallest absolute Gasteiger partial charge is 0.362 e. The summed E-state index contributed by atoms with van der Waals surface area (Å²) in [6, 6.07) is 0. The van der Waals surface area contributed by atoms with E-state index in [-0.39, 0.29) is 11.8 Å². The summed E-state index contributed by atoms with van der Waals surface area (Å²) < 4.78 is 12.1. The fraction of sp³-hybridized carbons (Fsp3) is 0.600. The maximum absolute atomic E-state index is 11.6. The fourth-order valence-electron chi connectivity index (χ4n) is 1.42. The van der Waals surface area contributed by atoms with Gasteiger partial charge >= 0.3 is 5.97 Å². The summed E-state index contributed by atoms with van der Waals surface area (Å²) in [5, 5.41) is 7.13. The number of hydrogen-bond donors (Lipinski definition) is 1. The van der Waals surface area contributed by atoms with E-state index in [1.54, 1.807) is 24.9 Å². The highest BCUT2D eigenvalue weighted by molar-refractivity contribution is 5.90. The van der Waals surface area contributed by atoms with Crippen LogP contribution in [-0.4, -0.2) is 41.6 Å². The van der Waals surface area contributed by atoms with Crippen molar-refractivity contribution in [1.29, 1.82) is 0 Å². The predicted molar refractivity (Wildman–Crippen MR) is 56.5 cm³/mol. The lowest BCUT2D eigenvalue weighted by Gasteiger charge is -2.27. The molecule has 1 fully saturated rings. The molecular weight excluding hydrogens is 210 g/mol. The van der Waals surface area contributed by atoms with Crippen LogP contribution in [-0.2, 0) is 11.8 Å². The van der Waals surface area contributed by atoms with Crippen molar-refractivity contribution < 1.29 is 14.3 Å². The van der Waals surface area contributed by atoms with E-state index < -0.39 is 5.97 Å². The van der Waals surface area contributed by atoms with Gasteiger partial charge in [0, 0.05) is 20.1 Å². The van der Waals surface area contributed by atoms with Crippen molar-refractivity contribution in [1.82, 2.24) is 15.1 Å². The second-order valence-corrected chi connectivity index (χ2v) is 3.63. The highest BCUT2D eigenvalue weighted by atomic mass is 16.5. The zero-order chi connectivity index (χ0) is 11.5. The molecule has 0 radical (unpaired) electrons. The van der Waals surface area contributed by atoms with Gasteiger partial charge in [0.15, 0.2) is 5.75 Å². The second kappa shape index (κ2) is 4.52. The first-order chi connectivity index (χ1) is 7.70. The molecule has 0 unspecified atom stereocenters. The number of esters is 1. The van der Waals surface area contributed by atoms with Crippen LogP contribution < -0.4 is 10.1 Å². The summed E-state index contributed by atoms with van der Waals surface area (Å²) in [7, 11) is 1.74. The fourth-order valence-corrected chi connectivity index (χ4v) is 1.42. The molecule has 1 N–H and O–H groups in total. The minimum Gasteiger partial charge on any atom is -0.484 e. The molecule has 0 atom stereocenters. The first-order valence-electron chi connectivity index (χ1n) is 5.29. The number of carbonyl (C=O) groups is 1. The SMILES string of the molecule is CCOC(=O)c1nn(C)cc1OC1CNC1. The van der Waals surface area contributed by atoms with Gasteiger partial charge < -0.3 is 14.8 Å². The molecular formula is C10H15N3O3. The molecule has 1 aliphatic heterocycles. The van der Waals surface area contributed by atoms with Crippen LogP contribution in [0.15, 0.2) is 6.20 Å². The maximum Gasteiger partial charge on any atom is 0.362 e. The summed E-state index contributed by atoms with van der Waals surface area (Å²) >= 11 is 0. The lowest BCUT2D eigenvalue weighted by atomic mass is 10.2. The Morgan fingerprint density at radius 3 is 3.00 bits per heavy atom. The van der Waals surface area contributed by atoms with Crippen LogP contribution in [0.2, 0.25) is 0 Å². The molecule has 2 rings (SSSR count). The van der Waals surface area contributed by atoms with Gasteiger partial charge in [-0.05, 0) is 6.92 Å². The van der Waals surface area contributed by atoms with E-state index in [0.717, 1.165) is 13.1 Å². The maximum atomic E-state index is 11.6. The third kappa shape index (κ3) is 2.16. The van der Waals surface area contributed by atoms with Crippen molar-refractivity contribution in [2.24, 2.45) is 7.05 Å². The molecule has 16 heavy (non-hydrogen) atoms. The van der Waals surface area contributed by atoms with E-state index in [2.05, 4.69) is 10.4 Å². The summed E-state index contributed by atoms with van der Waals surface area (Å²) in [5.74, 6) is 0.0535. The van der Waals surface area contributed by atoms with Crippen LogP contribution >= 0.6 is 0 Å². The van der Waals surface area contributed by atoms with Gasteiger partial charge in [0.05, 0.1) is 12.8 Å². The first kappa shape index (κ1) is 10.9. The van der Waals surface area contributed by atoms with Gasteiger partial charge in [-0.2, -0.15) is 5.10 Å². The third-order valence-corrected chi connectivity index (χ3v) is 2.30. The topological polar surface area (TPSA) is 65.4 Å². The van der Waals surface area contributed by atoms with Crippen molar-refractivity contribution in [2.75, 3.05) is 19.7 Å². The number of nitrogens with zero attached hydrogens (tertiary/aromatic N) is 2. The van der Waals surface area contributed by atoms with Gasteiger partial charge in [-0.3, -0.25) is 4.68 Å². The Morgan fingerprint density at radius 2 is 2.44 bits per heavy atom. The number of rotatable bonds is 4. The van der Waals surface area contributed by atoms with E-state index in [0.29, 0.717) is 12.4 Å². The Labute approximate surface area is 93.5 Å². The number of carbonyl (C=O) groups excluding carboxylic acids is 1. The van der Waals surface area contributed by atoms with Crippen molar-refractivity contribution in [3.63, 3.8) is 0 Å². The Hall–Kier alpha value is -1.56. The molecule has 0 amide bonds. The molecule has 0 aromatic carbocycles. The number of aryl methyl sites for hydroxylation is 1. The van der Waals surface area contributed by atoms with E-state index in [9.17, 15) is 4.79 Å². The second-order valence-electron chi connectivity index (χ2n) is 3.63. The van der Waals surface area contributed by atoms with Crippen LogP contribution in [0.4, 0.5) is 0 Å². The predicted octanol–water partition coefficient (Wildman–Crippen LogP) is -0.0526. The quantitative estimate of drug-likeness (QED) is 0.728. The van der Waals surface area contributed by atoms with E-state index >= 15 is 0 Å². The van der Waals surface area contributed by atoms with Crippen LogP contribution in [0.25, 0.3) is 0 Å². The van der Waals surface area contributed by atoms with Crippen molar-refractivity contribution >= 4 is 5.97 Å². The van der Waals surface area contributed by atoms with E-state index in [1.807, 2.05) is 0 Å². The third-order valence-electron chi connectivity index (χ3n) is 2.30. The molecule has 6 nitrogen and oxygen atoms in total. The molecule has 1 saturated heterocycles. The van der Waals surface area contributed by atoms with Gasteiger partial charge in [-0.25, -0.2) is 4.79 Å². The molecule has 88 valence electrons. The van der Waals surface area contributed by atoms with E-state index in [1.165, 1.54) is 0 Å². The lowest BCUT2D eigenvalue weighted by molar-refractivity contribution is 0.0508. The summed E-state index contributed by atoms with van der Waals surface area (Å²) in [5.41, 5.74) is 0.247. The molecule has 0 spiro atoms. The minimum absolute atomic E-state index is 0.123.